The van der Waals surface area contributed by atoms with Crippen LogP contribution in [0.25, 0.3) is 10.2 Å². The Hall–Kier alpha value is -2.78. The van der Waals surface area contributed by atoms with Crippen molar-refractivity contribution in [3.8, 4) is 0 Å². The molecule has 29 heavy (non-hydrogen) atoms. The summed E-state index contributed by atoms with van der Waals surface area (Å²) in [6, 6.07) is 14.5. The smallest absolute Gasteiger partial charge is 0.263 e. The number of hydrogen-bond acceptors (Lipinski definition) is 6. The summed E-state index contributed by atoms with van der Waals surface area (Å²) >= 11 is 1.62. The molecule has 7 nitrogen and oxygen atoms in total. The zero-order valence-electron chi connectivity index (χ0n) is 15.4. The first-order chi connectivity index (χ1) is 14.0. The van der Waals surface area contributed by atoms with Gasteiger partial charge in [0, 0.05) is 12.1 Å². The minimum absolute atomic E-state index is 0.0485. The Bertz CT molecular complexity index is 1220. The summed E-state index contributed by atoms with van der Waals surface area (Å²) in [5.74, 6) is 0.104. The summed E-state index contributed by atoms with van der Waals surface area (Å²) in [7, 11) is -3.60. The molecule has 1 N–H and O–H groups in total. The zero-order chi connectivity index (χ0) is 20.0. The van der Waals surface area contributed by atoms with Crippen LogP contribution in [0.5, 0.6) is 0 Å². The number of amides is 1. The molecule has 1 amide bonds. The van der Waals surface area contributed by atoms with Crippen LogP contribution in [-0.2, 0) is 14.8 Å². The number of fused-ring (bicyclic) bond motifs is 2. The number of hydrogen-bond donors (Lipinski definition) is 1. The molecular formula is C20H18N4O3S2. The molecular weight excluding hydrogens is 408 g/mol. The summed E-state index contributed by atoms with van der Waals surface area (Å²) in [4.78, 5) is 23.9. The van der Waals surface area contributed by atoms with E-state index in [1.807, 2.05) is 29.2 Å². The first-order valence-corrected chi connectivity index (χ1v) is 11.6. The summed E-state index contributed by atoms with van der Waals surface area (Å²) < 4.78 is 27.9. The Labute approximate surface area is 172 Å². The molecule has 2 aliphatic rings. The predicted octanol–water partition coefficient (Wildman–Crippen LogP) is 2.70. The molecule has 1 aromatic heterocycles. The number of nitrogens with one attached hydrogen (secondary N) is 1. The minimum Gasteiger partial charge on any atom is -0.332 e. The number of amidine groups is 1. The molecule has 9 heteroatoms. The van der Waals surface area contributed by atoms with Crippen molar-refractivity contribution in [3.63, 3.8) is 0 Å². The van der Waals surface area contributed by atoms with Crippen LogP contribution < -0.4 is 4.72 Å². The van der Waals surface area contributed by atoms with Crippen LogP contribution in [0.15, 0.2) is 58.4 Å². The van der Waals surface area contributed by atoms with Crippen molar-refractivity contribution in [1.29, 1.82) is 0 Å². The van der Waals surface area contributed by atoms with Crippen molar-refractivity contribution in [1.82, 2.24) is 14.6 Å². The van der Waals surface area contributed by atoms with Gasteiger partial charge in [-0.2, -0.15) is 0 Å². The Morgan fingerprint density at radius 1 is 1.21 bits per heavy atom. The minimum atomic E-state index is -3.60. The van der Waals surface area contributed by atoms with E-state index in [1.165, 1.54) is 6.07 Å². The maximum Gasteiger partial charge on any atom is 0.263 e. The highest BCUT2D eigenvalue weighted by atomic mass is 32.2. The van der Waals surface area contributed by atoms with E-state index in [-0.39, 0.29) is 29.2 Å². The third kappa shape index (κ3) is 3.20. The normalized spacial score (nSPS) is 21.4. The number of carbonyl (C=O) groups is 1. The number of thiazole rings is 1. The number of aromatic nitrogens is 1. The molecule has 1 saturated heterocycles. The molecule has 2 aromatic carbocycles. The molecule has 0 aliphatic carbocycles. The van der Waals surface area contributed by atoms with Crippen LogP contribution >= 0.6 is 11.3 Å². The maximum atomic E-state index is 12.9. The standard InChI is InChI=1S/C20H18N4O3S2/c25-18(12-21-19-13-6-1-4-10-17(13)29(26,27)23-19)24-11-5-8-15(24)20-22-14-7-2-3-9-16(14)28-20/h1-4,6-7,9-10,15H,5,8,11-12H2,(H,21,23). The fraction of sp³-hybridized carbons (Fsp3) is 0.250. The van der Waals surface area contributed by atoms with Crippen LogP contribution in [0.1, 0.15) is 29.5 Å². The molecule has 3 aromatic rings. The maximum absolute atomic E-state index is 12.9. The number of carbonyl (C=O) groups excluding carboxylic acids is 1. The highest BCUT2D eigenvalue weighted by Gasteiger charge is 2.33. The first kappa shape index (κ1) is 18.3. The SMILES string of the molecule is O=C(CN=C1NS(=O)(=O)c2ccccc21)N1CCCC1c1nc2ccccc2s1. The third-order valence-corrected chi connectivity index (χ3v) is 7.74. The monoisotopic (exact) mass is 426 g/mol. The second kappa shape index (κ2) is 6.93. The molecule has 148 valence electrons. The van der Waals surface area contributed by atoms with Crippen molar-refractivity contribution in [3.05, 3.63) is 59.1 Å². The Morgan fingerprint density at radius 3 is 2.86 bits per heavy atom. The fourth-order valence-electron chi connectivity index (χ4n) is 3.84. The van der Waals surface area contributed by atoms with E-state index in [9.17, 15) is 13.2 Å². The Kier molecular flexibility index (Phi) is 4.36. The predicted molar refractivity (Wildman–Crippen MR) is 111 cm³/mol. The second-order valence-electron chi connectivity index (χ2n) is 7.03. The van der Waals surface area contributed by atoms with E-state index in [4.69, 9.17) is 4.98 Å². The van der Waals surface area contributed by atoms with Gasteiger partial charge in [0.25, 0.3) is 10.0 Å². The van der Waals surface area contributed by atoms with E-state index >= 15 is 0 Å². The van der Waals surface area contributed by atoms with Gasteiger partial charge in [0.05, 0.1) is 21.2 Å². The largest absolute Gasteiger partial charge is 0.332 e. The summed E-state index contributed by atoms with van der Waals surface area (Å²) in [5.41, 5.74) is 1.45. The summed E-state index contributed by atoms with van der Waals surface area (Å²) in [5, 5.41) is 0.941. The van der Waals surface area contributed by atoms with E-state index in [0.717, 1.165) is 28.1 Å². The number of rotatable bonds is 3. The van der Waals surface area contributed by atoms with Gasteiger partial charge in [0.1, 0.15) is 17.4 Å². The average Bonchev–Trinajstić information content (AvgIpc) is 3.42. The lowest BCUT2D eigenvalue weighted by atomic mass is 10.2. The molecule has 0 bridgehead atoms. The van der Waals surface area contributed by atoms with Gasteiger partial charge < -0.3 is 4.90 Å². The number of aliphatic imine (C=N–C) groups is 1. The fourth-order valence-corrected chi connectivity index (χ4v) is 6.21. The molecule has 5 rings (SSSR count). The van der Waals surface area contributed by atoms with E-state index in [1.54, 1.807) is 29.5 Å². The Morgan fingerprint density at radius 2 is 2.00 bits per heavy atom. The van der Waals surface area contributed by atoms with Gasteiger partial charge in [-0.15, -0.1) is 11.3 Å². The van der Waals surface area contributed by atoms with Crippen LogP contribution in [0, 0.1) is 0 Å². The van der Waals surface area contributed by atoms with Gasteiger partial charge in [0.15, 0.2) is 0 Å². The number of nitrogens with zero attached hydrogens (tertiary/aromatic N) is 3. The quantitative estimate of drug-likeness (QED) is 0.697. The lowest BCUT2D eigenvalue weighted by Gasteiger charge is -2.22. The van der Waals surface area contributed by atoms with Gasteiger partial charge in [-0.1, -0.05) is 24.3 Å². The van der Waals surface area contributed by atoms with Crippen molar-refractivity contribution < 1.29 is 13.2 Å². The van der Waals surface area contributed by atoms with Gasteiger partial charge in [0.2, 0.25) is 5.91 Å². The molecule has 3 heterocycles. The van der Waals surface area contributed by atoms with Crippen molar-refractivity contribution >= 4 is 43.3 Å². The molecule has 1 fully saturated rings. The number of sulfonamides is 1. The van der Waals surface area contributed by atoms with E-state index in [2.05, 4.69) is 9.71 Å². The van der Waals surface area contributed by atoms with E-state index in [0.29, 0.717) is 12.1 Å². The highest BCUT2D eigenvalue weighted by molar-refractivity contribution is 7.90. The molecule has 1 atom stereocenters. The van der Waals surface area contributed by atoms with Gasteiger partial charge in [-0.25, -0.2) is 13.4 Å². The van der Waals surface area contributed by atoms with Gasteiger partial charge in [-0.3, -0.25) is 14.5 Å². The molecule has 2 aliphatic heterocycles. The first-order valence-electron chi connectivity index (χ1n) is 9.34. The molecule has 0 spiro atoms. The zero-order valence-corrected chi connectivity index (χ0v) is 17.0. The summed E-state index contributed by atoms with van der Waals surface area (Å²) in [6.45, 7) is 0.556. The number of benzene rings is 2. The Balaban J connectivity index is 1.37. The van der Waals surface area contributed by atoms with Gasteiger partial charge >= 0.3 is 0 Å². The lowest BCUT2D eigenvalue weighted by Crippen LogP contribution is -2.33. The molecule has 1 unspecified atom stereocenters. The highest BCUT2D eigenvalue weighted by Crippen LogP contribution is 2.36. The van der Waals surface area contributed by atoms with Crippen LogP contribution in [0.3, 0.4) is 0 Å². The van der Waals surface area contributed by atoms with Crippen LogP contribution in [-0.4, -0.2) is 43.1 Å². The average molecular weight is 427 g/mol. The van der Waals surface area contributed by atoms with Crippen molar-refractivity contribution in [2.45, 2.75) is 23.8 Å². The van der Waals surface area contributed by atoms with Crippen molar-refractivity contribution in [2.75, 3.05) is 13.1 Å². The lowest BCUT2D eigenvalue weighted by molar-refractivity contribution is -0.130. The van der Waals surface area contributed by atoms with Crippen molar-refractivity contribution in [2.24, 2.45) is 4.99 Å². The van der Waals surface area contributed by atoms with Crippen LogP contribution in [0.4, 0.5) is 0 Å². The number of likely N-dealkylation sites (tertiary alicyclic amines) is 1. The number of para-hydroxylation sites is 1. The topological polar surface area (TPSA) is 91.7 Å². The molecule has 0 saturated carbocycles. The van der Waals surface area contributed by atoms with E-state index < -0.39 is 10.0 Å². The molecule has 0 radical (unpaired) electrons. The second-order valence-corrected chi connectivity index (χ2v) is 9.74. The third-order valence-electron chi connectivity index (χ3n) is 5.20. The van der Waals surface area contributed by atoms with Crippen LogP contribution in [0.2, 0.25) is 0 Å². The summed E-state index contributed by atoms with van der Waals surface area (Å²) in [6.07, 6.45) is 1.79. The van der Waals surface area contributed by atoms with Gasteiger partial charge in [-0.05, 0) is 37.1 Å².